The molecule has 0 spiro atoms. The Morgan fingerprint density at radius 3 is 2.48 bits per heavy atom. The molecule has 0 unspecified atom stereocenters. The molecule has 1 fully saturated rings. The van der Waals surface area contributed by atoms with Gasteiger partial charge in [0.05, 0.1) is 0 Å². The average molecular weight is 333 g/mol. The van der Waals surface area contributed by atoms with E-state index < -0.39 is 0 Å². The lowest BCUT2D eigenvalue weighted by molar-refractivity contribution is 0.0939. The van der Waals surface area contributed by atoms with Gasteiger partial charge in [-0.05, 0) is 18.2 Å². The molecule has 4 nitrogen and oxygen atoms in total. The molecular weight excluding hydrogens is 312 g/mol. The van der Waals surface area contributed by atoms with Crippen molar-refractivity contribution in [3.8, 4) is 5.75 Å². The standard InChI is InChI=1S/C18H20N2O2.ClH/c21-18(20-12-14-10-19-11-14)17-9-5-4-6-15(17)13-22-16-7-2-1-3-8-16;/h1-9,14,19H,10-13H2,(H,20,21);1H. The lowest BCUT2D eigenvalue weighted by atomic mass is 10.0. The first kappa shape index (κ1) is 17.3. The predicted octanol–water partition coefficient (Wildman–Crippen LogP) is 2.64. The number of carbonyl (C=O) groups excluding carboxylic acids is 1. The molecule has 1 saturated heterocycles. The third-order valence-corrected chi connectivity index (χ3v) is 3.82. The summed E-state index contributed by atoms with van der Waals surface area (Å²) >= 11 is 0. The number of nitrogens with one attached hydrogen (secondary N) is 2. The molecule has 0 saturated carbocycles. The van der Waals surface area contributed by atoms with Crippen LogP contribution in [0.5, 0.6) is 5.75 Å². The molecule has 0 aromatic heterocycles. The third-order valence-electron chi connectivity index (χ3n) is 3.82. The van der Waals surface area contributed by atoms with Gasteiger partial charge in [0, 0.05) is 36.7 Å². The van der Waals surface area contributed by atoms with Gasteiger partial charge in [0.15, 0.2) is 0 Å². The first-order valence-corrected chi connectivity index (χ1v) is 7.57. The molecule has 1 aliphatic heterocycles. The average Bonchev–Trinajstić information content (AvgIpc) is 2.52. The van der Waals surface area contributed by atoms with Gasteiger partial charge in [-0.1, -0.05) is 36.4 Å². The number of halogens is 1. The van der Waals surface area contributed by atoms with Crippen molar-refractivity contribution in [3.05, 3.63) is 65.7 Å². The quantitative estimate of drug-likeness (QED) is 0.855. The largest absolute Gasteiger partial charge is 0.489 e. The second-order valence-corrected chi connectivity index (χ2v) is 5.49. The van der Waals surface area contributed by atoms with E-state index >= 15 is 0 Å². The Balaban J connectivity index is 0.00000192. The van der Waals surface area contributed by atoms with Gasteiger partial charge < -0.3 is 15.4 Å². The van der Waals surface area contributed by atoms with E-state index in [9.17, 15) is 4.79 Å². The molecule has 1 amide bonds. The van der Waals surface area contributed by atoms with Gasteiger partial charge in [-0.3, -0.25) is 4.79 Å². The summed E-state index contributed by atoms with van der Waals surface area (Å²) in [6.45, 7) is 3.08. The highest BCUT2D eigenvalue weighted by molar-refractivity contribution is 5.95. The van der Waals surface area contributed by atoms with Gasteiger partial charge >= 0.3 is 0 Å². The van der Waals surface area contributed by atoms with Crippen molar-refractivity contribution < 1.29 is 9.53 Å². The van der Waals surface area contributed by atoms with Gasteiger partial charge in [0.2, 0.25) is 0 Å². The topological polar surface area (TPSA) is 50.4 Å². The van der Waals surface area contributed by atoms with E-state index in [2.05, 4.69) is 10.6 Å². The van der Waals surface area contributed by atoms with Crippen LogP contribution < -0.4 is 15.4 Å². The SMILES string of the molecule is Cl.O=C(NCC1CNC1)c1ccccc1COc1ccccc1. The number of benzene rings is 2. The zero-order valence-corrected chi connectivity index (χ0v) is 13.6. The van der Waals surface area contributed by atoms with E-state index in [1.807, 2.05) is 54.6 Å². The molecule has 3 rings (SSSR count). The van der Waals surface area contributed by atoms with Crippen molar-refractivity contribution >= 4 is 18.3 Å². The van der Waals surface area contributed by atoms with E-state index in [1.165, 1.54) is 0 Å². The molecule has 0 radical (unpaired) electrons. The summed E-state index contributed by atoms with van der Waals surface area (Å²) in [5.74, 6) is 1.33. The molecule has 0 bridgehead atoms. The fraction of sp³-hybridized carbons (Fsp3) is 0.278. The second-order valence-electron chi connectivity index (χ2n) is 5.49. The highest BCUT2D eigenvalue weighted by Gasteiger charge is 2.18. The molecule has 0 atom stereocenters. The van der Waals surface area contributed by atoms with Crippen LogP contribution in [0.4, 0.5) is 0 Å². The molecule has 1 aliphatic rings. The van der Waals surface area contributed by atoms with Crippen LogP contribution in [0.15, 0.2) is 54.6 Å². The highest BCUT2D eigenvalue weighted by atomic mass is 35.5. The molecule has 23 heavy (non-hydrogen) atoms. The van der Waals surface area contributed by atoms with Crippen molar-refractivity contribution in [1.82, 2.24) is 10.6 Å². The Labute approximate surface area is 142 Å². The monoisotopic (exact) mass is 332 g/mol. The normalized spacial score (nSPS) is 13.6. The van der Waals surface area contributed by atoms with E-state index in [0.717, 1.165) is 30.9 Å². The zero-order chi connectivity index (χ0) is 15.2. The van der Waals surface area contributed by atoms with Gasteiger partial charge in [0.1, 0.15) is 12.4 Å². The molecule has 2 aromatic rings. The van der Waals surface area contributed by atoms with Gasteiger partial charge in [-0.15, -0.1) is 12.4 Å². The summed E-state index contributed by atoms with van der Waals surface area (Å²) in [5, 5.41) is 6.21. The minimum atomic E-state index is -0.0286. The number of hydrogen-bond donors (Lipinski definition) is 2. The maximum Gasteiger partial charge on any atom is 0.251 e. The minimum absolute atomic E-state index is 0. The van der Waals surface area contributed by atoms with Gasteiger partial charge in [-0.2, -0.15) is 0 Å². The maximum atomic E-state index is 12.3. The smallest absolute Gasteiger partial charge is 0.251 e. The Kier molecular flexibility index (Phi) is 6.44. The van der Waals surface area contributed by atoms with Crippen LogP contribution >= 0.6 is 12.4 Å². The Hall–Kier alpha value is -2.04. The number of amides is 1. The summed E-state index contributed by atoms with van der Waals surface area (Å²) < 4.78 is 5.75. The molecule has 5 heteroatoms. The van der Waals surface area contributed by atoms with Crippen LogP contribution in [-0.4, -0.2) is 25.5 Å². The van der Waals surface area contributed by atoms with Crippen molar-refractivity contribution in [2.45, 2.75) is 6.61 Å². The first-order valence-electron chi connectivity index (χ1n) is 7.57. The summed E-state index contributed by atoms with van der Waals surface area (Å²) in [6, 6.07) is 17.2. The van der Waals surface area contributed by atoms with Crippen LogP contribution in [0.1, 0.15) is 15.9 Å². The Bertz CT molecular complexity index is 630. The van der Waals surface area contributed by atoms with Gasteiger partial charge in [-0.25, -0.2) is 0 Å². The van der Waals surface area contributed by atoms with Crippen molar-refractivity contribution in [1.29, 1.82) is 0 Å². The van der Waals surface area contributed by atoms with Crippen LogP contribution in [0.2, 0.25) is 0 Å². The highest BCUT2D eigenvalue weighted by Crippen LogP contribution is 2.15. The van der Waals surface area contributed by atoms with Gasteiger partial charge in [0.25, 0.3) is 5.91 Å². The third kappa shape index (κ3) is 4.71. The van der Waals surface area contributed by atoms with Crippen LogP contribution in [0.3, 0.4) is 0 Å². The molecular formula is C18H21ClN2O2. The fourth-order valence-electron chi connectivity index (χ4n) is 2.37. The summed E-state index contributed by atoms with van der Waals surface area (Å²) in [7, 11) is 0. The first-order chi connectivity index (χ1) is 10.8. The van der Waals surface area contributed by atoms with Crippen LogP contribution in [-0.2, 0) is 6.61 Å². The lowest BCUT2D eigenvalue weighted by Gasteiger charge is -2.27. The summed E-state index contributed by atoms with van der Waals surface area (Å²) in [6.07, 6.45) is 0. The van der Waals surface area contributed by atoms with Crippen molar-refractivity contribution in [2.75, 3.05) is 19.6 Å². The number of carbonyl (C=O) groups is 1. The number of hydrogen-bond acceptors (Lipinski definition) is 3. The minimum Gasteiger partial charge on any atom is -0.489 e. The predicted molar refractivity (Wildman–Crippen MR) is 93.2 cm³/mol. The number of para-hydroxylation sites is 1. The number of rotatable bonds is 6. The number of ether oxygens (including phenoxy) is 1. The van der Waals surface area contributed by atoms with E-state index in [4.69, 9.17) is 4.74 Å². The van der Waals surface area contributed by atoms with E-state index in [-0.39, 0.29) is 18.3 Å². The Morgan fingerprint density at radius 1 is 1.09 bits per heavy atom. The second kappa shape index (κ2) is 8.56. The lowest BCUT2D eigenvalue weighted by Crippen LogP contribution is -2.48. The molecule has 2 N–H and O–H groups in total. The summed E-state index contributed by atoms with van der Waals surface area (Å²) in [5.41, 5.74) is 1.58. The molecule has 122 valence electrons. The van der Waals surface area contributed by atoms with Crippen LogP contribution in [0.25, 0.3) is 0 Å². The van der Waals surface area contributed by atoms with E-state index in [0.29, 0.717) is 18.1 Å². The Morgan fingerprint density at radius 2 is 1.78 bits per heavy atom. The van der Waals surface area contributed by atoms with Crippen molar-refractivity contribution in [3.63, 3.8) is 0 Å². The zero-order valence-electron chi connectivity index (χ0n) is 12.8. The molecule has 0 aliphatic carbocycles. The maximum absolute atomic E-state index is 12.3. The molecule has 1 heterocycles. The fourth-order valence-corrected chi connectivity index (χ4v) is 2.37. The molecule has 2 aromatic carbocycles. The van der Waals surface area contributed by atoms with E-state index in [1.54, 1.807) is 0 Å². The summed E-state index contributed by atoms with van der Waals surface area (Å²) in [4.78, 5) is 12.3. The van der Waals surface area contributed by atoms with Crippen molar-refractivity contribution in [2.24, 2.45) is 5.92 Å². The van der Waals surface area contributed by atoms with Crippen LogP contribution in [0, 0.1) is 5.92 Å².